The summed E-state index contributed by atoms with van der Waals surface area (Å²) in [6.07, 6.45) is 0. The summed E-state index contributed by atoms with van der Waals surface area (Å²) < 4.78 is 135. The number of carbonyl (C=O) groups excluding carboxylic acids is 7. The SMILES string of the molecule is C=C(OCC(C)(COC(=C)C(C)(COC(C)(C)C)COC(C)(C)C)C(=O)OC(C)(C)C)C(C)(COC(C)(C)C)COC(C)(C)C.C=C(OCC(C)(COC(=O)C(C)(COC(=O)C(C)(COC(C)(C)C)COC(C)(C)C)COC(=O)C(C)(COC(C)(C)C)COC(C)(C)C)C(=O)OC(C)(C)C)C(C)(COC(=O)C(C)(COC(C)(C)C)COC(C)(C)C)COC(=O)C(C)(COC(C)(C)C)COC(C)(C)C. The second-order valence-electron chi connectivity index (χ2n) is 54.4. The smallest absolute Gasteiger partial charge is 0.319 e. The molecular weight excluding hydrogens is 1770 g/mol. The molecule has 0 rings (SSSR count). The van der Waals surface area contributed by atoms with Gasteiger partial charge in [-0.3, -0.25) is 33.6 Å². The lowest BCUT2D eigenvalue weighted by atomic mass is 9.88. The first-order chi connectivity index (χ1) is 60.8. The Morgan fingerprint density at radius 1 is 0.130 bits per heavy atom. The molecule has 29 heteroatoms. The second-order valence-corrected chi connectivity index (χ2v) is 54.4. The van der Waals surface area contributed by atoms with E-state index in [1.54, 1.807) is 62.3 Å². The zero-order valence-electron chi connectivity index (χ0n) is 97.1. The molecule has 138 heavy (non-hydrogen) atoms. The van der Waals surface area contributed by atoms with E-state index in [0.29, 0.717) is 37.9 Å². The maximum Gasteiger partial charge on any atom is 0.319 e. The molecule has 0 aromatic heterocycles. The molecule has 0 amide bonds. The summed E-state index contributed by atoms with van der Waals surface area (Å²) in [5.74, 6) is -4.52. The quantitative estimate of drug-likeness (QED) is 0.0310. The maximum atomic E-state index is 15.1. The molecule has 0 fully saturated rings. The van der Waals surface area contributed by atoms with Crippen LogP contribution in [0.2, 0.25) is 0 Å². The molecule has 0 radical (unpaired) electrons. The highest BCUT2D eigenvalue weighted by Gasteiger charge is 2.52. The Morgan fingerprint density at radius 2 is 0.225 bits per heavy atom. The van der Waals surface area contributed by atoms with Gasteiger partial charge in [0.25, 0.3) is 0 Å². The van der Waals surface area contributed by atoms with Gasteiger partial charge in [0, 0.05) is 0 Å². The molecule has 0 aliphatic rings. The third kappa shape index (κ3) is 56.6. The molecule has 0 saturated heterocycles. The van der Waals surface area contributed by atoms with Gasteiger partial charge in [0.05, 0.1) is 174 Å². The minimum absolute atomic E-state index is 0.0393. The summed E-state index contributed by atoms with van der Waals surface area (Å²) in [6, 6.07) is 0. The van der Waals surface area contributed by atoms with E-state index < -0.39 is 192 Å². The van der Waals surface area contributed by atoms with E-state index in [4.69, 9.17) is 104 Å². The fraction of sp³-hybridized carbons (Fsp3) is 0.881. The monoisotopic (exact) mass is 1980 g/mol. The first-order valence-electron chi connectivity index (χ1n) is 48.7. The van der Waals surface area contributed by atoms with Gasteiger partial charge in [-0.05, 0) is 360 Å². The Hall–Kier alpha value is -5.57. The Kier molecular flexibility index (Phi) is 49.2. The molecular formula is C109H202O29. The topological polar surface area (TPSA) is 323 Å². The van der Waals surface area contributed by atoms with Crippen molar-refractivity contribution in [1.82, 2.24) is 0 Å². The molecule has 0 saturated carbocycles. The highest BCUT2D eigenvalue weighted by Crippen LogP contribution is 2.41. The molecule has 0 heterocycles. The van der Waals surface area contributed by atoms with Crippen LogP contribution in [0, 0.1) is 54.1 Å². The van der Waals surface area contributed by atoms with Gasteiger partial charge in [0.2, 0.25) is 0 Å². The Balaban J connectivity index is 0. The van der Waals surface area contributed by atoms with Crippen LogP contribution in [-0.4, -0.2) is 252 Å². The average molecular weight is 1980 g/mol. The molecule has 1 unspecified atom stereocenters. The van der Waals surface area contributed by atoms with Crippen molar-refractivity contribution in [1.29, 1.82) is 0 Å². The Morgan fingerprint density at radius 3 is 0.348 bits per heavy atom. The second kappa shape index (κ2) is 50.5. The van der Waals surface area contributed by atoms with E-state index in [2.05, 4.69) is 19.7 Å². The van der Waals surface area contributed by atoms with E-state index in [1.165, 1.54) is 13.8 Å². The summed E-state index contributed by atoms with van der Waals surface area (Å²) in [5, 5.41) is 0. The first kappa shape index (κ1) is 134. The number of rotatable bonds is 53. The van der Waals surface area contributed by atoms with Crippen LogP contribution >= 0.6 is 0 Å². The number of ether oxygens (including phenoxy) is 22. The summed E-state index contributed by atoms with van der Waals surface area (Å²) >= 11 is 0. The van der Waals surface area contributed by atoms with E-state index >= 15 is 4.79 Å². The van der Waals surface area contributed by atoms with Crippen molar-refractivity contribution in [2.75, 3.05) is 132 Å². The lowest BCUT2D eigenvalue weighted by Gasteiger charge is -2.39. The highest BCUT2D eigenvalue weighted by molar-refractivity contribution is 5.83. The molecule has 29 nitrogen and oxygen atoms in total. The molecule has 0 spiro atoms. The van der Waals surface area contributed by atoms with Gasteiger partial charge in [0.15, 0.2) is 0 Å². The molecule has 0 aromatic carbocycles. The fourth-order valence-corrected chi connectivity index (χ4v) is 10.3. The third-order valence-electron chi connectivity index (χ3n) is 20.5. The van der Waals surface area contributed by atoms with Crippen LogP contribution < -0.4 is 0 Å². The zero-order valence-corrected chi connectivity index (χ0v) is 97.1. The highest BCUT2D eigenvalue weighted by atomic mass is 16.6. The fourth-order valence-electron chi connectivity index (χ4n) is 10.3. The molecule has 0 N–H and O–H groups in total. The summed E-state index contributed by atoms with van der Waals surface area (Å²) in [4.78, 5) is 101. The summed E-state index contributed by atoms with van der Waals surface area (Å²) in [6.45, 7) is 105. The van der Waals surface area contributed by atoms with Crippen molar-refractivity contribution in [2.45, 2.75) is 438 Å². The van der Waals surface area contributed by atoms with Crippen LogP contribution in [0.1, 0.15) is 360 Å². The molecule has 812 valence electrons. The molecule has 0 bridgehead atoms. The van der Waals surface area contributed by atoms with Crippen LogP contribution in [0.25, 0.3) is 0 Å². The van der Waals surface area contributed by atoms with Crippen molar-refractivity contribution in [3.05, 3.63) is 37.0 Å². The maximum absolute atomic E-state index is 15.1. The Bertz CT molecular complexity index is 3370. The number of hydrogen-bond acceptors (Lipinski definition) is 29. The minimum Gasteiger partial charge on any atom is -0.496 e. The lowest BCUT2D eigenvalue weighted by Crippen LogP contribution is -2.49. The molecule has 0 aliphatic carbocycles. The van der Waals surface area contributed by atoms with Crippen LogP contribution in [0.15, 0.2) is 37.0 Å². The van der Waals surface area contributed by atoms with Gasteiger partial charge in [-0.1, -0.05) is 19.7 Å². The van der Waals surface area contributed by atoms with Crippen molar-refractivity contribution in [2.24, 2.45) is 54.1 Å². The average Bonchev–Trinajstić information content (AvgIpc) is 0.796. The first-order valence-corrected chi connectivity index (χ1v) is 48.7. The molecule has 1 atom stereocenters. The van der Waals surface area contributed by atoms with Gasteiger partial charge >= 0.3 is 41.8 Å². The van der Waals surface area contributed by atoms with Crippen LogP contribution in [0.5, 0.6) is 0 Å². The van der Waals surface area contributed by atoms with E-state index in [1.807, 2.05) is 284 Å². The standard InChI is InChI=1S/C72H132O21.C37H70O8/c1-50(66(29,36-80-52(74)69(32,42-85-57(2,3)4)43-86-58(5,6)7)37-81-53(75)70(33,44-87-59(8,9)10)45-88-60(11,12)13)79-38-68(31,56(78)93-65(26,27)28)41-84-51(73)67(30,39-82-54(76)71(34,46-89-61(14,15)16)47-90-62(17,18)19)40-83-55(77)72(35,48-91-63(20,21)22)49-92-64(23,24)25;1-27(35(18,23-41-30(3,4)5)24-42-31(6,7)8)39-21-37(20,29(38)45-34(15,16)17)22-40-28(2)36(19,25-43-32(9,10)11)26-44-33(12,13)14/h1,36-49H2,2-35H3;1-2,21-26H2,3-20H3. The van der Waals surface area contributed by atoms with E-state index in [0.717, 1.165) is 0 Å². The zero-order chi connectivity index (χ0) is 109. The number of carbonyl (C=O) groups is 7. The van der Waals surface area contributed by atoms with Gasteiger partial charge < -0.3 is 104 Å². The van der Waals surface area contributed by atoms with Crippen molar-refractivity contribution in [3.63, 3.8) is 0 Å². The predicted molar refractivity (Wildman–Crippen MR) is 541 cm³/mol. The van der Waals surface area contributed by atoms with Crippen molar-refractivity contribution in [3.8, 4) is 0 Å². The van der Waals surface area contributed by atoms with Gasteiger partial charge in [-0.25, -0.2) is 0 Å². The van der Waals surface area contributed by atoms with E-state index in [9.17, 15) is 28.8 Å². The third-order valence-corrected chi connectivity index (χ3v) is 20.5. The van der Waals surface area contributed by atoms with Crippen molar-refractivity contribution >= 4 is 41.8 Å². The summed E-state index contributed by atoms with van der Waals surface area (Å²) in [5.41, 5.74) is -22.0. The van der Waals surface area contributed by atoms with Crippen LogP contribution in [0.3, 0.4) is 0 Å². The van der Waals surface area contributed by atoms with Crippen molar-refractivity contribution < 1.29 is 138 Å². The minimum atomic E-state index is -1.96. The van der Waals surface area contributed by atoms with Gasteiger partial charge in [-0.2, -0.15) is 0 Å². The molecule has 0 aromatic rings. The predicted octanol–water partition coefficient (Wildman–Crippen LogP) is 21.8. The number of esters is 7. The lowest BCUT2D eigenvalue weighted by molar-refractivity contribution is -0.189. The number of hydrogen-bond donors (Lipinski definition) is 0. The largest absolute Gasteiger partial charge is 0.496 e. The van der Waals surface area contributed by atoms with Crippen LogP contribution in [0.4, 0.5) is 0 Å². The van der Waals surface area contributed by atoms with Crippen LogP contribution in [-0.2, 0) is 138 Å². The summed E-state index contributed by atoms with van der Waals surface area (Å²) in [7, 11) is 0. The van der Waals surface area contributed by atoms with E-state index in [-0.39, 0.29) is 94.2 Å². The van der Waals surface area contributed by atoms with Gasteiger partial charge in [0.1, 0.15) is 108 Å². The molecule has 0 aliphatic heterocycles. The Labute approximate surface area is 837 Å². The van der Waals surface area contributed by atoms with Gasteiger partial charge in [-0.15, -0.1) is 0 Å². The normalized spacial score (nSPS) is 14.6.